The van der Waals surface area contributed by atoms with Gasteiger partial charge in [-0.25, -0.2) is 0 Å². The molecule has 0 atom stereocenters. The quantitative estimate of drug-likeness (QED) is 0.430. The molecule has 7 heavy (non-hydrogen) atoms. The van der Waals surface area contributed by atoms with Gasteiger partial charge in [0, 0.05) is 0 Å². The first-order valence-corrected chi connectivity index (χ1v) is 2.38. The van der Waals surface area contributed by atoms with Crippen molar-refractivity contribution in [2.24, 2.45) is 0 Å². The van der Waals surface area contributed by atoms with Gasteiger partial charge in [0.1, 0.15) is 0 Å². The van der Waals surface area contributed by atoms with E-state index in [1.165, 1.54) is 0 Å². The second kappa shape index (κ2) is 27.7. The summed E-state index contributed by atoms with van der Waals surface area (Å²) >= 11 is -2.50. The fourth-order valence-electron chi connectivity index (χ4n) is 0. The molecule has 0 aromatic carbocycles. The summed E-state index contributed by atoms with van der Waals surface area (Å²) in [4.78, 5) is 0. The van der Waals surface area contributed by atoms with Gasteiger partial charge in [-0.3, -0.25) is 0 Å². The van der Waals surface area contributed by atoms with Crippen LogP contribution < -0.4 is 8.38 Å². The Kier molecular flexibility index (Phi) is 62.0. The maximum absolute atomic E-state index is 8.38. The zero-order valence-corrected chi connectivity index (χ0v) is 5.92. The Hall–Kier alpha value is 1.07. The van der Waals surface area contributed by atoms with Crippen molar-refractivity contribution < 1.29 is 63.3 Å². The van der Waals surface area contributed by atoms with E-state index in [0.29, 0.717) is 0 Å². The average Bonchev–Trinajstić information content (AvgIpc) is 1.39. The molecule has 7 heteroatoms. The summed E-state index contributed by atoms with van der Waals surface area (Å²) in [6, 6.07) is 0. The average molecular weight is 235 g/mol. The summed E-state index contributed by atoms with van der Waals surface area (Å²) in [5.74, 6) is 0. The van der Waals surface area contributed by atoms with Crippen molar-refractivity contribution in [1.82, 2.24) is 0 Å². The number of hydrogen-bond donors (Lipinski definition) is 0. The van der Waals surface area contributed by atoms with Crippen molar-refractivity contribution in [2.75, 3.05) is 0 Å². The van der Waals surface area contributed by atoms with Gasteiger partial charge in [-0.15, -0.1) is 0 Å². The van der Waals surface area contributed by atoms with E-state index < -0.39 is 30.4 Å². The van der Waals surface area contributed by atoms with E-state index in [4.69, 9.17) is 16.0 Å². The van der Waals surface area contributed by atoms with Crippen LogP contribution in [0.25, 0.3) is 0 Å². The van der Waals surface area contributed by atoms with E-state index in [2.05, 4.69) is 0 Å². The van der Waals surface area contributed by atoms with Gasteiger partial charge in [0.2, 0.25) is 0 Å². The van der Waals surface area contributed by atoms with Gasteiger partial charge < -0.3 is 0 Å². The van der Waals surface area contributed by atoms with E-state index in [-0.39, 0.29) is 16.8 Å². The van der Waals surface area contributed by atoms with Gasteiger partial charge in [-0.2, -0.15) is 0 Å². The Bertz CT molecular complexity index is 30.7. The summed E-state index contributed by atoms with van der Waals surface area (Å²) in [5.41, 5.74) is 0. The minimum absolute atomic E-state index is 0. The SMILES string of the molecule is [Co+2].[O]=[Fe][O-].[O]=[Fe][O-]. The molecule has 0 amide bonds. The van der Waals surface area contributed by atoms with Gasteiger partial charge in [0.15, 0.2) is 0 Å². The number of rotatable bonds is 0. The van der Waals surface area contributed by atoms with Crippen LogP contribution in [0.2, 0.25) is 0 Å². The summed E-state index contributed by atoms with van der Waals surface area (Å²) in [7, 11) is 0. The van der Waals surface area contributed by atoms with E-state index in [0.717, 1.165) is 0 Å². The van der Waals surface area contributed by atoms with E-state index in [1.807, 2.05) is 0 Å². The van der Waals surface area contributed by atoms with Crippen molar-refractivity contribution in [3.63, 3.8) is 0 Å². The Labute approximate surface area is 63.2 Å². The molecular weight excluding hydrogens is 235 g/mol. The molecule has 0 aliphatic carbocycles. The predicted octanol–water partition coefficient (Wildman–Crippen LogP) is -2.62. The molecule has 0 N–H and O–H groups in total. The van der Waals surface area contributed by atoms with Crippen LogP contribution in [0.5, 0.6) is 0 Å². The van der Waals surface area contributed by atoms with E-state index in [9.17, 15) is 0 Å². The molecule has 0 fully saturated rings. The third-order valence-corrected chi connectivity index (χ3v) is 0. The van der Waals surface area contributed by atoms with Crippen molar-refractivity contribution >= 4 is 0 Å². The van der Waals surface area contributed by atoms with Crippen LogP contribution >= 0.6 is 0 Å². The summed E-state index contributed by atoms with van der Waals surface area (Å²) in [6.07, 6.45) is 0. The van der Waals surface area contributed by atoms with Gasteiger partial charge in [0.25, 0.3) is 0 Å². The molecule has 0 aromatic heterocycles. The molecule has 0 aliphatic heterocycles. The fraction of sp³-hybridized carbons (Fsp3) is 0. The van der Waals surface area contributed by atoms with Crippen molar-refractivity contribution in [1.29, 1.82) is 0 Å². The first kappa shape index (κ1) is 15.7. The van der Waals surface area contributed by atoms with Crippen molar-refractivity contribution in [3.8, 4) is 0 Å². The van der Waals surface area contributed by atoms with Crippen LogP contribution in [0, 0.1) is 0 Å². The standard InChI is InChI=1S/Co.2Fe.4O/q+2;;;;;2*-1. The second-order valence-corrected chi connectivity index (χ2v) is 0.486. The Morgan fingerprint density at radius 2 is 1.00 bits per heavy atom. The zero-order valence-electron chi connectivity index (χ0n) is 2.67. The Morgan fingerprint density at radius 3 is 1.00 bits per heavy atom. The molecule has 0 bridgehead atoms. The molecule has 0 saturated carbocycles. The van der Waals surface area contributed by atoms with Gasteiger partial charge in [0.05, 0.1) is 0 Å². The molecule has 4 nitrogen and oxygen atoms in total. The van der Waals surface area contributed by atoms with Crippen LogP contribution in [0.3, 0.4) is 0 Å². The Balaban J connectivity index is -0.0000000400. The molecule has 0 unspecified atom stereocenters. The maximum atomic E-state index is 8.38. The summed E-state index contributed by atoms with van der Waals surface area (Å²) in [5, 5.41) is 0. The summed E-state index contributed by atoms with van der Waals surface area (Å²) < 4.78 is 33.5. The third-order valence-electron chi connectivity index (χ3n) is 0. The van der Waals surface area contributed by atoms with Crippen molar-refractivity contribution in [3.05, 3.63) is 0 Å². The normalized spacial score (nSPS) is 4.86. The van der Waals surface area contributed by atoms with E-state index in [1.54, 1.807) is 0 Å². The summed E-state index contributed by atoms with van der Waals surface area (Å²) in [6.45, 7) is 0. The Morgan fingerprint density at radius 1 is 1.00 bits per heavy atom. The first-order valence-electron chi connectivity index (χ1n) is 0.577. The molecule has 0 saturated heterocycles. The second-order valence-electron chi connectivity index (χ2n) is 0.118. The van der Waals surface area contributed by atoms with Crippen LogP contribution in [-0.2, 0) is 54.9 Å². The molecule has 1 radical (unpaired) electrons. The molecule has 0 aliphatic rings. The van der Waals surface area contributed by atoms with E-state index >= 15 is 0 Å². The molecule has 0 rings (SSSR count). The minimum atomic E-state index is -1.25. The monoisotopic (exact) mass is 235 g/mol. The van der Waals surface area contributed by atoms with Gasteiger partial charge in [-0.1, -0.05) is 0 Å². The molecular formula is CoFe2O4. The van der Waals surface area contributed by atoms with Crippen LogP contribution in [0.1, 0.15) is 0 Å². The fourth-order valence-corrected chi connectivity index (χ4v) is 0. The van der Waals surface area contributed by atoms with Crippen molar-refractivity contribution in [2.45, 2.75) is 0 Å². The third kappa shape index (κ3) is 160. The van der Waals surface area contributed by atoms with Gasteiger partial charge in [-0.05, 0) is 0 Å². The topological polar surface area (TPSA) is 80.3 Å². The molecule has 0 spiro atoms. The van der Waals surface area contributed by atoms with Crippen LogP contribution in [0.4, 0.5) is 0 Å². The molecule has 49 valence electrons. The molecule has 0 heterocycles. The predicted molar refractivity (Wildman–Crippen MR) is 1.37 cm³/mol. The molecule has 0 aromatic rings. The van der Waals surface area contributed by atoms with Crippen LogP contribution in [-0.4, -0.2) is 0 Å². The zero-order chi connectivity index (χ0) is 5.41. The van der Waals surface area contributed by atoms with Gasteiger partial charge >= 0.3 is 63.3 Å². The first-order chi connectivity index (χ1) is 2.83. The number of hydrogen-bond acceptors (Lipinski definition) is 4. The van der Waals surface area contributed by atoms with Crippen LogP contribution in [0.15, 0.2) is 0 Å².